The first-order chi connectivity index (χ1) is 7.59. The highest BCUT2D eigenvalue weighted by molar-refractivity contribution is 6.36. The largest absolute Gasteiger partial charge is 0.206 e. The molecule has 81 valence electrons. The standard InChI is InChI=1S/C13H8Cl2F/c1-8-3-2-4-11(13(8)16)10-6-5-9(14)7-12(10)15/h2-7H,1H2. The lowest BCUT2D eigenvalue weighted by Crippen LogP contribution is -1.88. The summed E-state index contributed by atoms with van der Waals surface area (Å²) in [6, 6.07) is 9.99. The van der Waals surface area contributed by atoms with Crippen LogP contribution in [0, 0.1) is 12.7 Å². The van der Waals surface area contributed by atoms with E-state index < -0.39 is 0 Å². The average Bonchev–Trinajstić information content (AvgIpc) is 2.23. The molecule has 0 spiro atoms. The average molecular weight is 254 g/mol. The maximum absolute atomic E-state index is 13.8. The van der Waals surface area contributed by atoms with Gasteiger partial charge in [-0.25, -0.2) is 4.39 Å². The maximum Gasteiger partial charge on any atom is 0.134 e. The highest BCUT2D eigenvalue weighted by Gasteiger charge is 2.10. The first-order valence-corrected chi connectivity index (χ1v) is 5.41. The third-order valence-corrected chi connectivity index (χ3v) is 2.85. The highest BCUT2D eigenvalue weighted by Crippen LogP contribution is 2.32. The lowest BCUT2D eigenvalue weighted by Gasteiger charge is -2.07. The lowest BCUT2D eigenvalue weighted by atomic mass is 10.0. The third kappa shape index (κ3) is 2.06. The van der Waals surface area contributed by atoms with Crippen molar-refractivity contribution in [2.75, 3.05) is 0 Å². The van der Waals surface area contributed by atoms with Gasteiger partial charge in [0.05, 0.1) is 0 Å². The van der Waals surface area contributed by atoms with E-state index in [1.54, 1.807) is 36.4 Å². The summed E-state index contributed by atoms with van der Waals surface area (Å²) in [5.74, 6) is -0.355. The van der Waals surface area contributed by atoms with Gasteiger partial charge in [-0.05, 0) is 24.6 Å². The van der Waals surface area contributed by atoms with Gasteiger partial charge in [-0.1, -0.05) is 47.5 Å². The monoisotopic (exact) mass is 253 g/mol. The van der Waals surface area contributed by atoms with Crippen molar-refractivity contribution in [2.24, 2.45) is 0 Å². The Morgan fingerprint density at radius 2 is 1.75 bits per heavy atom. The Morgan fingerprint density at radius 1 is 1.00 bits per heavy atom. The predicted octanol–water partition coefficient (Wildman–Crippen LogP) is 4.98. The van der Waals surface area contributed by atoms with Crippen LogP contribution in [-0.4, -0.2) is 0 Å². The Balaban J connectivity index is 2.63. The first-order valence-electron chi connectivity index (χ1n) is 4.65. The van der Waals surface area contributed by atoms with Gasteiger partial charge in [0.25, 0.3) is 0 Å². The molecule has 0 N–H and O–H groups in total. The first kappa shape index (κ1) is 11.4. The Labute approximate surface area is 104 Å². The van der Waals surface area contributed by atoms with E-state index in [0.717, 1.165) is 0 Å². The summed E-state index contributed by atoms with van der Waals surface area (Å²) < 4.78 is 13.8. The summed E-state index contributed by atoms with van der Waals surface area (Å²) in [4.78, 5) is 0. The summed E-state index contributed by atoms with van der Waals surface area (Å²) in [6.45, 7) is 3.61. The second-order valence-electron chi connectivity index (χ2n) is 3.40. The molecule has 0 atom stereocenters. The Bertz CT molecular complexity index is 535. The Morgan fingerprint density at radius 3 is 2.44 bits per heavy atom. The quantitative estimate of drug-likeness (QED) is 0.673. The maximum atomic E-state index is 13.8. The van der Waals surface area contributed by atoms with Crippen molar-refractivity contribution in [1.29, 1.82) is 0 Å². The van der Waals surface area contributed by atoms with Crippen molar-refractivity contribution in [2.45, 2.75) is 0 Å². The number of benzene rings is 2. The van der Waals surface area contributed by atoms with Gasteiger partial charge in [-0.2, -0.15) is 0 Å². The molecule has 0 aliphatic heterocycles. The molecule has 2 rings (SSSR count). The Hall–Kier alpha value is -1.05. The van der Waals surface area contributed by atoms with E-state index in [4.69, 9.17) is 23.2 Å². The number of rotatable bonds is 1. The van der Waals surface area contributed by atoms with Crippen LogP contribution >= 0.6 is 23.2 Å². The summed E-state index contributed by atoms with van der Waals surface area (Å²) in [5.41, 5.74) is 1.41. The molecule has 0 unspecified atom stereocenters. The number of hydrogen-bond donors (Lipinski definition) is 0. The summed E-state index contributed by atoms with van der Waals surface area (Å²) in [5, 5.41) is 0.955. The lowest BCUT2D eigenvalue weighted by molar-refractivity contribution is 0.626. The minimum Gasteiger partial charge on any atom is -0.206 e. The van der Waals surface area contributed by atoms with Crippen LogP contribution < -0.4 is 0 Å². The fourth-order valence-electron chi connectivity index (χ4n) is 1.50. The molecule has 0 fully saturated rings. The minimum absolute atomic E-state index is 0.350. The smallest absolute Gasteiger partial charge is 0.134 e. The summed E-state index contributed by atoms with van der Waals surface area (Å²) in [6.07, 6.45) is 0. The molecule has 3 heteroatoms. The minimum atomic E-state index is -0.355. The molecule has 0 amide bonds. The van der Waals surface area contributed by atoms with Crippen molar-refractivity contribution < 1.29 is 4.39 Å². The topological polar surface area (TPSA) is 0 Å². The molecule has 0 nitrogen and oxygen atoms in total. The van der Waals surface area contributed by atoms with Crippen molar-refractivity contribution in [3.05, 3.63) is 64.7 Å². The zero-order chi connectivity index (χ0) is 11.7. The second kappa shape index (κ2) is 4.44. The van der Waals surface area contributed by atoms with Gasteiger partial charge in [0.2, 0.25) is 0 Å². The Kier molecular flexibility index (Phi) is 3.17. The van der Waals surface area contributed by atoms with Crippen LogP contribution in [0.25, 0.3) is 11.1 Å². The second-order valence-corrected chi connectivity index (χ2v) is 4.25. The van der Waals surface area contributed by atoms with Crippen LogP contribution in [0.4, 0.5) is 4.39 Å². The molecule has 0 saturated carbocycles. The van der Waals surface area contributed by atoms with Crippen LogP contribution in [-0.2, 0) is 0 Å². The molecule has 0 aliphatic rings. The van der Waals surface area contributed by atoms with Gasteiger partial charge in [0.1, 0.15) is 5.82 Å². The molecule has 2 aromatic carbocycles. The van der Waals surface area contributed by atoms with E-state index >= 15 is 0 Å². The number of hydrogen-bond acceptors (Lipinski definition) is 0. The molecule has 1 radical (unpaired) electrons. The summed E-state index contributed by atoms with van der Waals surface area (Å²) >= 11 is 11.8. The SMILES string of the molecule is [CH2]c1cccc(-c2ccc(Cl)cc2Cl)c1F. The molecule has 0 saturated heterocycles. The molecular weight excluding hydrogens is 246 g/mol. The zero-order valence-electron chi connectivity index (χ0n) is 8.31. The van der Waals surface area contributed by atoms with Crippen LogP contribution in [0.5, 0.6) is 0 Å². The van der Waals surface area contributed by atoms with Crippen molar-refractivity contribution in [3.63, 3.8) is 0 Å². The third-order valence-electron chi connectivity index (χ3n) is 2.30. The van der Waals surface area contributed by atoms with Gasteiger partial charge in [0, 0.05) is 21.2 Å². The molecule has 0 aromatic heterocycles. The molecule has 2 aromatic rings. The van der Waals surface area contributed by atoms with E-state index in [-0.39, 0.29) is 5.82 Å². The molecule has 16 heavy (non-hydrogen) atoms. The molecular formula is C13H8Cl2F. The van der Waals surface area contributed by atoms with E-state index in [1.807, 2.05) is 0 Å². The van der Waals surface area contributed by atoms with E-state index in [9.17, 15) is 4.39 Å². The van der Waals surface area contributed by atoms with Gasteiger partial charge in [-0.15, -0.1) is 0 Å². The van der Waals surface area contributed by atoms with Crippen molar-refractivity contribution >= 4 is 23.2 Å². The van der Waals surface area contributed by atoms with Crippen LogP contribution in [0.15, 0.2) is 36.4 Å². The van der Waals surface area contributed by atoms with Gasteiger partial charge < -0.3 is 0 Å². The van der Waals surface area contributed by atoms with Crippen LogP contribution in [0.2, 0.25) is 10.0 Å². The fourth-order valence-corrected chi connectivity index (χ4v) is 2.01. The summed E-state index contributed by atoms with van der Waals surface area (Å²) in [7, 11) is 0. The normalized spacial score (nSPS) is 10.5. The van der Waals surface area contributed by atoms with E-state index in [2.05, 4.69) is 6.92 Å². The van der Waals surface area contributed by atoms with Gasteiger partial charge in [-0.3, -0.25) is 0 Å². The van der Waals surface area contributed by atoms with Gasteiger partial charge >= 0.3 is 0 Å². The predicted molar refractivity (Wildman–Crippen MR) is 66.3 cm³/mol. The molecule has 0 heterocycles. The van der Waals surface area contributed by atoms with Crippen LogP contribution in [0.1, 0.15) is 5.56 Å². The van der Waals surface area contributed by atoms with Crippen molar-refractivity contribution in [1.82, 2.24) is 0 Å². The van der Waals surface area contributed by atoms with Gasteiger partial charge in [0.15, 0.2) is 0 Å². The molecule has 0 aliphatic carbocycles. The van der Waals surface area contributed by atoms with Crippen molar-refractivity contribution in [3.8, 4) is 11.1 Å². The highest BCUT2D eigenvalue weighted by atomic mass is 35.5. The van der Waals surface area contributed by atoms with Crippen LogP contribution in [0.3, 0.4) is 0 Å². The number of halogens is 3. The molecule has 0 bridgehead atoms. The fraction of sp³-hybridized carbons (Fsp3) is 0. The van der Waals surface area contributed by atoms with E-state index in [1.165, 1.54) is 0 Å². The zero-order valence-corrected chi connectivity index (χ0v) is 9.82. The van der Waals surface area contributed by atoms with E-state index in [0.29, 0.717) is 26.7 Å².